The molecule has 0 bridgehead atoms. The number of ether oxygens (including phenoxy) is 1. The number of H-pyrrole nitrogens is 1. The number of carbonyl (C=O) groups excluding carboxylic acids is 1. The lowest BCUT2D eigenvalue weighted by molar-refractivity contribution is 0.0975. The lowest BCUT2D eigenvalue weighted by Gasteiger charge is -2.25. The Bertz CT molecular complexity index is 1240. The lowest BCUT2D eigenvalue weighted by atomic mass is 10.1. The molecule has 0 saturated carbocycles. The molecule has 0 spiro atoms. The van der Waals surface area contributed by atoms with Crippen LogP contribution in [0.1, 0.15) is 36.2 Å². The van der Waals surface area contributed by atoms with Crippen LogP contribution in [0.5, 0.6) is 0 Å². The molecule has 3 N–H and O–H groups in total. The van der Waals surface area contributed by atoms with Crippen molar-refractivity contribution in [2.75, 3.05) is 48.9 Å². The number of aromatic nitrogens is 2. The van der Waals surface area contributed by atoms with Gasteiger partial charge in [-0.3, -0.25) is 24.0 Å². The van der Waals surface area contributed by atoms with Crippen molar-refractivity contribution in [1.82, 2.24) is 9.55 Å². The minimum atomic E-state index is -0.724. The average molecular weight is 480 g/mol. The zero-order valence-electron chi connectivity index (χ0n) is 20.5. The van der Waals surface area contributed by atoms with Crippen LogP contribution in [0.25, 0.3) is 0 Å². The summed E-state index contributed by atoms with van der Waals surface area (Å²) in [5, 5.41) is 0. The fourth-order valence-corrected chi connectivity index (χ4v) is 3.97. The Labute approximate surface area is 204 Å². The highest BCUT2D eigenvalue weighted by atomic mass is 16.5. The minimum absolute atomic E-state index is 0.0761. The number of anilines is 3. The number of benzene rings is 2. The smallest absolute Gasteiger partial charge is 0.330 e. The molecule has 0 aliphatic rings. The number of hydrogen-bond donors (Lipinski definition) is 2. The highest BCUT2D eigenvalue weighted by Crippen LogP contribution is 2.22. The Morgan fingerprint density at radius 2 is 1.71 bits per heavy atom. The molecule has 186 valence electrons. The first kappa shape index (κ1) is 25.8. The molecule has 1 amide bonds. The van der Waals surface area contributed by atoms with Gasteiger partial charge in [-0.25, -0.2) is 4.79 Å². The normalized spacial score (nSPS) is 10.8. The second-order valence-electron chi connectivity index (χ2n) is 8.14. The van der Waals surface area contributed by atoms with E-state index in [0.717, 1.165) is 30.8 Å². The summed E-state index contributed by atoms with van der Waals surface area (Å²) in [6.07, 6.45) is 1.01. The Kier molecular flexibility index (Phi) is 8.86. The van der Waals surface area contributed by atoms with Crippen LogP contribution in [0.4, 0.5) is 17.2 Å². The van der Waals surface area contributed by atoms with Crippen LogP contribution in [0.15, 0.2) is 64.2 Å². The number of nitrogens with zero attached hydrogens (tertiary/aromatic N) is 3. The number of rotatable bonds is 11. The first-order valence-corrected chi connectivity index (χ1v) is 11.7. The van der Waals surface area contributed by atoms with Gasteiger partial charge in [-0.05, 0) is 43.2 Å². The number of amides is 1. The number of nitrogens with one attached hydrogen (secondary N) is 1. The van der Waals surface area contributed by atoms with Crippen LogP contribution in [0, 0.1) is 0 Å². The zero-order valence-corrected chi connectivity index (χ0v) is 20.5. The molecule has 35 heavy (non-hydrogen) atoms. The molecule has 0 fully saturated rings. The van der Waals surface area contributed by atoms with Crippen molar-refractivity contribution in [3.63, 3.8) is 0 Å². The van der Waals surface area contributed by atoms with Gasteiger partial charge in [0.2, 0.25) is 0 Å². The second-order valence-corrected chi connectivity index (χ2v) is 8.14. The third-order valence-corrected chi connectivity index (χ3v) is 5.79. The lowest BCUT2D eigenvalue weighted by Crippen LogP contribution is -2.42. The van der Waals surface area contributed by atoms with Gasteiger partial charge in [0.15, 0.2) is 5.69 Å². The first-order chi connectivity index (χ1) is 16.9. The fraction of sp³-hybridized carbons (Fsp3) is 0.346. The van der Waals surface area contributed by atoms with E-state index in [1.807, 2.05) is 42.5 Å². The molecule has 0 unspecified atom stereocenters. The van der Waals surface area contributed by atoms with Gasteiger partial charge in [0.25, 0.3) is 11.5 Å². The number of carbonyl (C=O) groups is 1. The van der Waals surface area contributed by atoms with E-state index in [2.05, 4.69) is 23.7 Å². The van der Waals surface area contributed by atoms with Crippen LogP contribution >= 0.6 is 0 Å². The Hall–Kier alpha value is -3.85. The van der Waals surface area contributed by atoms with Gasteiger partial charge >= 0.3 is 5.69 Å². The summed E-state index contributed by atoms with van der Waals surface area (Å²) in [4.78, 5) is 44.8. The van der Waals surface area contributed by atoms with Gasteiger partial charge in [-0.1, -0.05) is 37.3 Å². The van der Waals surface area contributed by atoms with Gasteiger partial charge in [-0.15, -0.1) is 0 Å². The van der Waals surface area contributed by atoms with Crippen molar-refractivity contribution in [3.8, 4) is 0 Å². The Morgan fingerprint density at radius 3 is 2.31 bits per heavy atom. The van der Waals surface area contributed by atoms with Gasteiger partial charge < -0.3 is 15.4 Å². The Morgan fingerprint density at radius 1 is 1.03 bits per heavy atom. The number of nitrogen functional groups attached to an aromatic ring is 1. The average Bonchev–Trinajstić information content (AvgIpc) is 2.87. The maximum atomic E-state index is 13.5. The molecular formula is C26H33N5O4. The molecule has 0 aliphatic carbocycles. The molecule has 0 saturated heterocycles. The highest BCUT2D eigenvalue weighted by Gasteiger charge is 2.25. The van der Waals surface area contributed by atoms with Crippen molar-refractivity contribution in [2.24, 2.45) is 0 Å². The summed E-state index contributed by atoms with van der Waals surface area (Å²) >= 11 is 0. The van der Waals surface area contributed by atoms with E-state index in [1.54, 1.807) is 12.1 Å². The predicted molar refractivity (Wildman–Crippen MR) is 139 cm³/mol. The molecule has 3 rings (SSSR count). The van der Waals surface area contributed by atoms with Crippen molar-refractivity contribution in [2.45, 2.75) is 26.8 Å². The second kappa shape index (κ2) is 12.0. The van der Waals surface area contributed by atoms with Crippen LogP contribution < -0.4 is 26.8 Å². The fourth-order valence-electron chi connectivity index (χ4n) is 3.97. The van der Waals surface area contributed by atoms with E-state index in [9.17, 15) is 14.4 Å². The Balaban J connectivity index is 2.01. The molecule has 0 atom stereocenters. The summed E-state index contributed by atoms with van der Waals surface area (Å²) < 4.78 is 6.44. The van der Waals surface area contributed by atoms with E-state index >= 15 is 0 Å². The van der Waals surface area contributed by atoms with E-state index in [-0.39, 0.29) is 31.2 Å². The molecule has 9 nitrogen and oxygen atoms in total. The number of methoxy groups -OCH3 is 1. The summed E-state index contributed by atoms with van der Waals surface area (Å²) in [6, 6.07) is 16.5. The molecule has 3 aromatic rings. The summed E-state index contributed by atoms with van der Waals surface area (Å²) in [5.41, 5.74) is 7.15. The molecule has 0 radical (unpaired) electrons. The molecule has 0 aliphatic heterocycles. The van der Waals surface area contributed by atoms with Crippen LogP contribution in [-0.2, 0) is 11.3 Å². The molecule has 9 heteroatoms. The SMILES string of the molecule is CCCN(CC)c1ccc(C(=O)N(CCOC)c2c(N)n(Cc3ccccc3)c(=O)[nH]c2=O)cc1. The van der Waals surface area contributed by atoms with E-state index in [4.69, 9.17) is 10.5 Å². The first-order valence-electron chi connectivity index (χ1n) is 11.7. The minimum Gasteiger partial charge on any atom is -0.383 e. The molecule has 2 aromatic carbocycles. The van der Waals surface area contributed by atoms with E-state index in [0.29, 0.717) is 5.56 Å². The van der Waals surface area contributed by atoms with Crippen molar-refractivity contribution in [1.29, 1.82) is 0 Å². The third-order valence-electron chi connectivity index (χ3n) is 5.79. The quantitative estimate of drug-likeness (QED) is 0.437. The predicted octanol–water partition coefficient (Wildman–Crippen LogP) is 2.70. The van der Waals surface area contributed by atoms with Gasteiger partial charge in [0.05, 0.1) is 13.2 Å². The monoisotopic (exact) mass is 479 g/mol. The molecule has 1 aromatic heterocycles. The molecule has 1 heterocycles. The third kappa shape index (κ3) is 5.99. The standard InChI is InChI=1S/C26H33N5O4/c1-4-15-29(5-2)21-13-11-20(12-14-21)25(33)30(16-17-35-3)22-23(27)31(26(34)28-24(22)32)18-19-9-7-6-8-10-19/h6-14H,4-5,15-18,27H2,1-3H3,(H,28,32,34). The van der Waals surface area contributed by atoms with Crippen molar-refractivity contribution in [3.05, 3.63) is 86.6 Å². The van der Waals surface area contributed by atoms with Crippen molar-refractivity contribution < 1.29 is 9.53 Å². The zero-order chi connectivity index (χ0) is 25.4. The topological polar surface area (TPSA) is 114 Å². The van der Waals surface area contributed by atoms with Gasteiger partial charge in [0, 0.05) is 38.0 Å². The van der Waals surface area contributed by atoms with Crippen LogP contribution in [0.2, 0.25) is 0 Å². The van der Waals surface area contributed by atoms with Crippen LogP contribution in [-0.4, -0.2) is 48.8 Å². The molecular weight excluding hydrogens is 446 g/mol. The van der Waals surface area contributed by atoms with Gasteiger partial charge in [-0.2, -0.15) is 0 Å². The number of hydrogen-bond acceptors (Lipinski definition) is 6. The van der Waals surface area contributed by atoms with Crippen molar-refractivity contribution >= 4 is 23.1 Å². The summed E-state index contributed by atoms with van der Waals surface area (Å²) in [6.45, 7) is 6.40. The summed E-state index contributed by atoms with van der Waals surface area (Å²) in [5.74, 6) is -0.488. The largest absolute Gasteiger partial charge is 0.383 e. The van der Waals surface area contributed by atoms with E-state index < -0.39 is 17.2 Å². The van der Waals surface area contributed by atoms with Gasteiger partial charge in [0.1, 0.15) is 5.82 Å². The highest BCUT2D eigenvalue weighted by molar-refractivity contribution is 6.07. The number of aromatic amines is 1. The van der Waals surface area contributed by atoms with Crippen LogP contribution in [0.3, 0.4) is 0 Å². The number of nitrogens with two attached hydrogens (primary N) is 1. The maximum Gasteiger partial charge on any atom is 0.330 e. The van der Waals surface area contributed by atoms with E-state index in [1.165, 1.54) is 16.6 Å². The maximum absolute atomic E-state index is 13.5. The summed E-state index contributed by atoms with van der Waals surface area (Å²) in [7, 11) is 1.51.